The minimum atomic E-state index is -0.505. The fourth-order valence-corrected chi connectivity index (χ4v) is 2.61. The molecule has 2 rings (SSSR count). The molecular formula is C17H25N5O3S. The maximum Gasteiger partial charge on any atom is 0.407 e. The molecule has 142 valence electrons. The summed E-state index contributed by atoms with van der Waals surface area (Å²) in [6.07, 6.45) is 1.19. The van der Waals surface area contributed by atoms with Gasteiger partial charge >= 0.3 is 6.09 Å². The zero-order valence-electron chi connectivity index (χ0n) is 15.5. The van der Waals surface area contributed by atoms with E-state index in [9.17, 15) is 4.79 Å². The highest BCUT2D eigenvalue weighted by molar-refractivity contribution is 7.13. The second kappa shape index (κ2) is 9.23. The van der Waals surface area contributed by atoms with Crippen LogP contribution in [0.3, 0.4) is 0 Å². The number of aliphatic imine (C=N–C) groups is 1. The fourth-order valence-electron chi connectivity index (χ4n) is 1.96. The molecule has 0 radical (unpaired) electrons. The minimum absolute atomic E-state index is 0.419. The third kappa shape index (κ3) is 6.75. The average Bonchev–Trinajstić information content (AvgIpc) is 3.23. The highest BCUT2D eigenvalue weighted by atomic mass is 32.1. The van der Waals surface area contributed by atoms with Crippen molar-refractivity contribution in [3.63, 3.8) is 0 Å². The number of rotatable bonds is 6. The van der Waals surface area contributed by atoms with Gasteiger partial charge in [0.1, 0.15) is 11.9 Å². The van der Waals surface area contributed by atoms with Crippen LogP contribution in [0.1, 0.15) is 26.5 Å². The molecule has 0 aliphatic heterocycles. The lowest BCUT2D eigenvalue weighted by atomic mass is 10.2. The first kappa shape index (κ1) is 19.8. The normalized spacial score (nSPS) is 11.9. The number of ether oxygens (including phenoxy) is 1. The Hall–Kier alpha value is -2.55. The molecule has 0 aliphatic carbocycles. The zero-order valence-corrected chi connectivity index (χ0v) is 16.3. The van der Waals surface area contributed by atoms with Crippen molar-refractivity contribution in [1.82, 2.24) is 20.9 Å². The topological polar surface area (TPSA) is 101 Å². The first-order valence-electron chi connectivity index (χ1n) is 8.27. The Morgan fingerprint density at radius 3 is 2.73 bits per heavy atom. The molecule has 0 atom stereocenters. The number of nitrogens with one attached hydrogen (secondary N) is 3. The Morgan fingerprint density at radius 2 is 2.08 bits per heavy atom. The van der Waals surface area contributed by atoms with E-state index in [-0.39, 0.29) is 0 Å². The standard InChI is InChI=1S/C17H25N5O3S/c1-17(2,3)25-16(23)20-8-7-19-15(18-4)21-10-12-11-24-14(22-12)13-6-5-9-26-13/h5-6,9,11H,7-8,10H2,1-4H3,(H,20,23)(H2,18,19,21). The molecule has 0 spiro atoms. The van der Waals surface area contributed by atoms with Crippen LogP contribution in [0.2, 0.25) is 0 Å². The molecule has 0 aliphatic rings. The van der Waals surface area contributed by atoms with Crippen LogP contribution in [0.5, 0.6) is 0 Å². The Morgan fingerprint density at radius 1 is 1.31 bits per heavy atom. The summed E-state index contributed by atoms with van der Waals surface area (Å²) in [7, 11) is 1.68. The van der Waals surface area contributed by atoms with E-state index in [0.717, 1.165) is 10.6 Å². The molecule has 1 amide bonds. The summed E-state index contributed by atoms with van der Waals surface area (Å²) in [6, 6.07) is 3.92. The number of carbonyl (C=O) groups excluding carboxylic acids is 1. The number of thiophene rings is 1. The second-order valence-electron chi connectivity index (χ2n) is 6.40. The van der Waals surface area contributed by atoms with Crippen LogP contribution in [0.25, 0.3) is 10.8 Å². The van der Waals surface area contributed by atoms with Crippen LogP contribution in [0, 0.1) is 0 Å². The molecule has 26 heavy (non-hydrogen) atoms. The summed E-state index contributed by atoms with van der Waals surface area (Å²) < 4.78 is 10.6. The Labute approximate surface area is 157 Å². The van der Waals surface area contributed by atoms with Crippen LogP contribution in [-0.2, 0) is 11.3 Å². The van der Waals surface area contributed by atoms with E-state index in [4.69, 9.17) is 9.15 Å². The van der Waals surface area contributed by atoms with Crippen LogP contribution in [0.15, 0.2) is 33.2 Å². The van der Waals surface area contributed by atoms with Crippen LogP contribution >= 0.6 is 11.3 Å². The van der Waals surface area contributed by atoms with Crippen molar-refractivity contribution in [1.29, 1.82) is 0 Å². The molecule has 0 saturated heterocycles. The number of oxazole rings is 1. The van der Waals surface area contributed by atoms with E-state index in [2.05, 4.69) is 25.9 Å². The van der Waals surface area contributed by atoms with Crippen molar-refractivity contribution in [2.45, 2.75) is 32.9 Å². The number of carbonyl (C=O) groups is 1. The molecule has 9 heteroatoms. The van der Waals surface area contributed by atoms with Gasteiger partial charge in [-0.3, -0.25) is 4.99 Å². The summed E-state index contributed by atoms with van der Waals surface area (Å²) in [5.74, 6) is 1.22. The van der Waals surface area contributed by atoms with Gasteiger partial charge in [0, 0.05) is 20.1 Å². The Bertz CT molecular complexity index is 719. The van der Waals surface area contributed by atoms with E-state index in [1.165, 1.54) is 0 Å². The molecule has 0 fully saturated rings. The Balaban J connectivity index is 1.69. The first-order valence-corrected chi connectivity index (χ1v) is 9.15. The van der Waals surface area contributed by atoms with Gasteiger partial charge in [-0.1, -0.05) is 6.07 Å². The number of guanidine groups is 1. The lowest BCUT2D eigenvalue weighted by Gasteiger charge is -2.19. The largest absolute Gasteiger partial charge is 0.444 e. The number of nitrogens with zero attached hydrogens (tertiary/aromatic N) is 2. The molecule has 2 aromatic rings. The SMILES string of the molecule is CN=C(NCCNC(=O)OC(C)(C)C)NCc1coc(-c2cccs2)n1. The number of hydrogen-bond donors (Lipinski definition) is 3. The van der Waals surface area contributed by atoms with Gasteiger partial charge < -0.3 is 25.1 Å². The summed E-state index contributed by atoms with van der Waals surface area (Å²) in [6.45, 7) is 6.88. The quantitative estimate of drug-likeness (QED) is 0.405. The molecule has 8 nitrogen and oxygen atoms in total. The van der Waals surface area contributed by atoms with Crippen molar-refractivity contribution in [2.24, 2.45) is 4.99 Å². The van der Waals surface area contributed by atoms with Gasteiger partial charge in [0.15, 0.2) is 5.96 Å². The van der Waals surface area contributed by atoms with Gasteiger partial charge in [-0.15, -0.1) is 11.3 Å². The van der Waals surface area contributed by atoms with Crippen LogP contribution in [0.4, 0.5) is 4.79 Å². The highest BCUT2D eigenvalue weighted by Gasteiger charge is 2.15. The van der Waals surface area contributed by atoms with E-state index in [1.807, 2.05) is 38.3 Å². The van der Waals surface area contributed by atoms with Gasteiger partial charge in [0.25, 0.3) is 0 Å². The van der Waals surface area contributed by atoms with E-state index in [1.54, 1.807) is 24.6 Å². The summed E-state index contributed by atoms with van der Waals surface area (Å²) in [5.41, 5.74) is 0.275. The molecule has 3 N–H and O–H groups in total. The van der Waals surface area contributed by atoms with Crippen molar-refractivity contribution in [3.8, 4) is 10.8 Å². The number of aromatic nitrogens is 1. The third-order valence-electron chi connectivity index (χ3n) is 3.03. The van der Waals surface area contributed by atoms with Gasteiger partial charge in [0.2, 0.25) is 5.89 Å². The maximum absolute atomic E-state index is 11.6. The zero-order chi connectivity index (χ0) is 19.0. The monoisotopic (exact) mass is 379 g/mol. The maximum atomic E-state index is 11.6. The molecule has 2 heterocycles. The third-order valence-corrected chi connectivity index (χ3v) is 3.89. The summed E-state index contributed by atoms with van der Waals surface area (Å²) in [5, 5.41) is 10.9. The summed E-state index contributed by atoms with van der Waals surface area (Å²) in [4.78, 5) is 21.1. The molecule has 0 unspecified atom stereocenters. The van der Waals surface area contributed by atoms with Gasteiger partial charge in [0.05, 0.1) is 17.1 Å². The van der Waals surface area contributed by atoms with Crippen molar-refractivity contribution in [3.05, 3.63) is 29.5 Å². The first-order chi connectivity index (χ1) is 12.4. The molecule has 0 bridgehead atoms. The predicted molar refractivity (Wildman–Crippen MR) is 102 cm³/mol. The van der Waals surface area contributed by atoms with Gasteiger partial charge in [-0.05, 0) is 32.2 Å². The smallest absolute Gasteiger partial charge is 0.407 e. The lowest BCUT2D eigenvalue weighted by molar-refractivity contribution is 0.0529. The Kier molecular flexibility index (Phi) is 7.02. The van der Waals surface area contributed by atoms with Crippen molar-refractivity contribution < 1.29 is 13.9 Å². The number of alkyl carbamates (subject to hydrolysis) is 1. The van der Waals surface area contributed by atoms with E-state index >= 15 is 0 Å². The minimum Gasteiger partial charge on any atom is -0.444 e. The van der Waals surface area contributed by atoms with Gasteiger partial charge in [-0.2, -0.15) is 0 Å². The molecule has 0 saturated carbocycles. The van der Waals surface area contributed by atoms with E-state index in [0.29, 0.717) is 31.5 Å². The van der Waals surface area contributed by atoms with E-state index < -0.39 is 11.7 Å². The van der Waals surface area contributed by atoms with Crippen molar-refractivity contribution in [2.75, 3.05) is 20.1 Å². The lowest BCUT2D eigenvalue weighted by Crippen LogP contribution is -2.42. The highest BCUT2D eigenvalue weighted by Crippen LogP contribution is 2.23. The number of amides is 1. The van der Waals surface area contributed by atoms with Gasteiger partial charge in [-0.25, -0.2) is 9.78 Å². The second-order valence-corrected chi connectivity index (χ2v) is 7.35. The summed E-state index contributed by atoms with van der Waals surface area (Å²) >= 11 is 1.58. The van der Waals surface area contributed by atoms with Crippen molar-refractivity contribution >= 4 is 23.4 Å². The molecule has 0 aromatic carbocycles. The number of hydrogen-bond acceptors (Lipinski definition) is 6. The molecule has 2 aromatic heterocycles. The van der Waals surface area contributed by atoms with Crippen LogP contribution < -0.4 is 16.0 Å². The fraction of sp³-hybridized carbons (Fsp3) is 0.471. The predicted octanol–water partition coefficient (Wildman–Crippen LogP) is 2.59. The molecular weight excluding hydrogens is 354 g/mol. The average molecular weight is 379 g/mol. The van der Waals surface area contributed by atoms with Crippen LogP contribution in [-0.4, -0.2) is 42.8 Å².